The second-order valence-corrected chi connectivity index (χ2v) is 5.64. The number of hydrogen-bond acceptors (Lipinski definition) is 4. The molecular formula is C17H15ClN4O2. The molecule has 2 aromatic carbocycles. The van der Waals surface area contributed by atoms with Gasteiger partial charge in [0.2, 0.25) is 11.7 Å². The second-order valence-electron chi connectivity index (χ2n) is 5.20. The molecule has 2 amide bonds. The number of hydrogen-bond donors (Lipinski definition) is 2. The average Bonchev–Trinajstić information content (AvgIpc) is 3.02. The van der Waals surface area contributed by atoms with Crippen LogP contribution in [0.25, 0.3) is 11.4 Å². The number of benzene rings is 2. The Labute approximate surface area is 143 Å². The molecule has 0 saturated heterocycles. The molecular weight excluding hydrogens is 328 g/mol. The van der Waals surface area contributed by atoms with Gasteiger partial charge in [-0.25, -0.2) is 4.79 Å². The van der Waals surface area contributed by atoms with E-state index in [1.54, 1.807) is 24.3 Å². The van der Waals surface area contributed by atoms with Gasteiger partial charge in [-0.2, -0.15) is 4.98 Å². The monoisotopic (exact) mass is 342 g/mol. The number of carbonyl (C=O) groups excluding carboxylic acids is 1. The first-order chi connectivity index (χ1) is 11.6. The fourth-order valence-electron chi connectivity index (χ4n) is 2.13. The first-order valence-electron chi connectivity index (χ1n) is 7.30. The van der Waals surface area contributed by atoms with Crippen molar-refractivity contribution in [1.82, 2.24) is 15.5 Å². The van der Waals surface area contributed by atoms with Gasteiger partial charge in [-0.15, -0.1) is 0 Å². The second kappa shape index (κ2) is 7.14. The van der Waals surface area contributed by atoms with Crippen LogP contribution >= 0.6 is 11.6 Å². The molecule has 0 aliphatic heterocycles. The van der Waals surface area contributed by atoms with Gasteiger partial charge >= 0.3 is 6.03 Å². The summed E-state index contributed by atoms with van der Waals surface area (Å²) < 4.78 is 5.15. The third kappa shape index (κ3) is 4.11. The minimum absolute atomic E-state index is 0.130. The molecule has 0 atom stereocenters. The smallest absolute Gasteiger partial charge is 0.319 e. The summed E-state index contributed by atoms with van der Waals surface area (Å²) in [6.45, 7) is 2.12. The summed E-state index contributed by atoms with van der Waals surface area (Å²) in [7, 11) is 0. The minimum Gasteiger partial charge on any atom is -0.337 e. The summed E-state index contributed by atoms with van der Waals surface area (Å²) in [5.74, 6) is 0.818. The van der Waals surface area contributed by atoms with E-state index >= 15 is 0 Å². The molecule has 3 aromatic rings. The van der Waals surface area contributed by atoms with E-state index in [0.717, 1.165) is 11.1 Å². The molecule has 1 heterocycles. The Kier molecular flexibility index (Phi) is 4.77. The molecule has 0 aliphatic rings. The number of halogens is 1. The van der Waals surface area contributed by atoms with Crippen LogP contribution < -0.4 is 10.6 Å². The van der Waals surface area contributed by atoms with Gasteiger partial charge in [-0.1, -0.05) is 46.6 Å². The number of anilines is 1. The first kappa shape index (κ1) is 16.0. The summed E-state index contributed by atoms with van der Waals surface area (Å²) in [5, 5.41) is 9.80. The van der Waals surface area contributed by atoms with Gasteiger partial charge in [0.15, 0.2) is 0 Å². The van der Waals surface area contributed by atoms with Crippen molar-refractivity contribution in [2.45, 2.75) is 13.5 Å². The first-order valence-corrected chi connectivity index (χ1v) is 7.68. The Hall–Kier alpha value is -2.86. The van der Waals surface area contributed by atoms with Crippen molar-refractivity contribution < 1.29 is 9.32 Å². The van der Waals surface area contributed by atoms with E-state index in [1.165, 1.54) is 0 Å². The van der Waals surface area contributed by atoms with Crippen molar-refractivity contribution in [3.8, 4) is 11.4 Å². The predicted octanol–water partition coefficient (Wildman–Crippen LogP) is 4.02. The molecule has 0 unspecified atom stereocenters. The molecule has 122 valence electrons. The summed E-state index contributed by atoms with van der Waals surface area (Å²) >= 11 is 5.87. The number of carbonyl (C=O) groups is 1. The lowest BCUT2D eigenvalue weighted by Crippen LogP contribution is -2.28. The lowest BCUT2D eigenvalue weighted by atomic mass is 10.1. The molecule has 3 rings (SSSR count). The van der Waals surface area contributed by atoms with Crippen molar-refractivity contribution in [1.29, 1.82) is 0 Å². The SMILES string of the molecule is Cc1cccc(-c2noc(CNC(=O)Nc3cccc(Cl)c3)n2)c1. The highest BCUT2D eigenvalue weighted by Gasteiger charge is 2.10. The van der Waals surface area contributed by atoms with Crippen LogP contribution in [0.3, 0.4) is 0 Å². The summed E-state index contributed by atoms with van der Waals surface area (Å²) in [6.07, 6.45) is 0. The number of nitrogens with zero attached hydrogens (tertiary/aromatic N) is 2. The molecule has 0 radical (unpaired) electrons. The maximum absolute atomic E-state index is 11.9. The van der Waals surface area contributed by atoms with E-state index in [4.69, 9.17) is 16.1 Å². The van der Waals surface area contributed by atoms with E-state index < -0.39 is 0 Å². The summed E-state index contributed by atoms with van der Waals surface area (Å²) in [4.78, 5) is 16.1. The van der Waals surface area contributed by atoms with Crippen LogP contribution in [0.1, 0.15) is 11.5 Å². The highest BCUT2D eigenvalue weighted by molar-refractivity contribution is 6.30. The summed E-state index contributed by atoms with van der Waals surface area (Å²) in [6, 6.07) is 14.3. The number of aromatic nitrogens is 2. The van der Waals surface area contributed by atoms with Crippen LogP contribution in [0.15, 0.2) is 53.1 Å². The van der Waals surface area contributed by atoms with E-state index in [9.17, 15) is 4.79 Å². The van der Waals surface area contributed by atoms with Crippen molar-refractivity contribution in [3.63, 3.8) is 0 Å². The molecule has 6 nitrogen and oxygen atoms in total. The Balaban J connectivity index is 1.58. The maximum Gasteiger partial charge on any atom is 0.319 e. The van der Waals surface area contributed by atoms with Crippen LogP contribution in [0.4, 0.5) is 10.5 Å². The summed E-state index contributed by atoms with van der Waals surface area (Å²) in [5.41, 5.74) is 2.58. The topological polar surface area (TPSA) is 80.0 Å². The van der Waals surface area contributed by atoms with Crippen molar-refractivity contribution in [2.75, 3.05) is 5.32 Å². The largest absolute Gasteiger partial charge is 0.337 e. The third-order valence-electron chi connectivity index (χ3n) is 3.23. The number of aryl methyl sites for hydroxylation is 1. The van der Waals surface area contributed by atoms with Crippen LogP contribution in [-0.4, -0.2) is 16.2 Å². The number of rotatable bonds is 4. The number of amides is 2. The van der Waals surface area contributed by atoms with Crippen LogP contribution in [0, 0.1) is 6.92 Å². The van der Waals surface area contributed by atoms with Gasteiger partial charge in [-0.3, -0.25) is 0 Å². The highest BCUT2D eigenvalue weighted by atomic mass is 35.5. The fraction of sp³-hybridized carbons (Fsp3) is 0.118. The van der Waals surface area contributed by atoms with E-state index in [1.807, 2.05) is 31.2 Å². The van der Waals surface area contributed by atoms with Crippen molar-refractivity contribution >= 4 is 23.3 Å². The van der Waals surface area contributed by atoms with Gasteiger partial charge in [0.25, 0.3) is 0 Å². The van der Waals surface area contributed by atoms with E-state index in [-0.39, 0.29) is 12.6 Å². The molecule has 0 fully saturated rings. The maximum atomic E-state index is 11.9. The minimum atomic E-state index is -0.382. The highest BCUT2D eigenvalue weighted by Crippen LogP contribution is 2.17. The molecule has 1 aromatic heterocycles. The molecule has 0 saturated carbocycles. The normalized spacial score (nSPS) is 10.4. The Morgan fingerprint density at radius 2 is 2.04 bits per heavy atom. The zero-order valence-corrected chi connectivity index (χ0v) is 13.7. The Bertz CT molecular complexity index is 863. The molecule has 7 heteroatoms. The average molecular weight is 343 g/mol. The van der Waals surface area contributed by atoms with Gasteiger partial charge in [0.05, 0.1) is 6.54 Å². The van der Waals surface area contributed by atoms with Gasteiger partial charge in [-0.05, 0) is 31.2 Å². The fourth-order valence-corrected chi connectivity index (χ4v) is 2.32. The van der Waals surface area contributed by atoms with Crippen molar-refractivity contribution in [2.24, 2.45) is 0 Å². The van der Waals surface area contributed by atoms with Crippen LogP contribution in [0.5, 0.6) is 0 Å². The van der Waals surface area contributed by atoms with Crippen molar-refractivity contribution in [3.05, 3.63) is 65.0 Å². The lowest BCUT2D eigenvalue weighted by Gasteiger charge is -2.05. The van der Waals surface area contributed by atoms with Gasteiger partial charge in [0.1, 0.15) is 0 Å². The van der Waals surface area contributed by atoms with E-state index in [0.29, 0.717) is 22.4 Å². The third-order valence-corrected chi connectivity index (χ3v) is 3.46. The quantitative estimate of drug-likeness (QED) is 0.750. The van der Waals surface area contributed by atoms with Crippen LogP contribution in [0.2, 0.25) is 5.02 Å². The number of urea groups is 1. The molecule has 24 heavy (non-hydrogen) atoms. The number of nitrogens with one attached hydrogen (secondary N) is 2. The molecule has 0 aliphatic carbocycles. The molecule has 0 spiro atoms. The zero-order chi connectivity index (χ0) is 16.9. The lowest BCUT2D eigenvalue weighted by molar-refractivity contribution is 0.249. The molecule has 2 N–H and O–H groups in total. The van der Waals surface area contributed by atoms with E-state index in [2.05, 4.69) is 20.8 Å². The van der Waals surface area contributed by atoms with Gasteiger partial charge in [0, 0.05) is 16.3 Å². The predicted molar refractivity (Wildman–Crippen MR) is 91.8 cm³/mol. The Morgan fingerprint density at radius 1 is 1.21 bits per heavy atom. The standard InChI is InChI=1S/C17H15ClN4O2/c1-11-4-2-5-12(8-11)16-21-15(24-22-16)10-19-17(23)20-14-7-3-6-13(18)9-14/h2-9H,10H2,1H3,(H2,19,20,23). The van der Waals surface area contributed by atoms with Gasteiger partial charge < -0.3 is 15.2 Å². The van der Waals surface area contributed by atoms with Crippen LogP contribution in [-0.2, 0) is 6.54 Å². The zero-order valence-electron chi connectivity index (χ0n) is 12.9. The molecule has 0 bridgehead atoms. The Morgan fingerprint density at radius 3 is 2.83 bits per heavy atom.